The fourth-order valence-corrected chi connectivity index (χ4v) is 3.33. The van der Waals surface area contributed by atoms with E-state index in [4.69, 9.17) is 0 Å². The van der Waals surface area contributed by atoms with Gasteiger partial charge in [0.2, 0.25) is 0 Å². The van der Waals surface area contributed by atoms with E-state index in [0.29, 0.717) is 12.3 Å². The molecule has 0 aliphatic carbocycles. The van der Waals surface area contributed by atoms with Crippen LogP contribution in [0.15, 0.2) is 57.6 Å². The average Bonchev–Trinajstić information content (AvgIpc) is 2.47. The highest BCUT2D eigenvalue weighted by molar-refractivity contribution is 9.11. The molecule has 3 rings (SSSR count). The third-order valence-electron chi connectivity index (χ3n) is 3.23. The summed E-state index contributed by atoms with van der Waals surface area (Å²) < 4.78 is 1.89. The number of nitrogens with one attached hydrogen (secondary N) is 1. The molecular formula is C16H12Br2N2O. The summed E-state index contributed by atoms with van der Waals surface area (Å²) in [5.41, 5.74) is 1.90. The smallest absolute Gasteiger partial charge is 0.123 e. The lowest BCUT2D eigenvalue weighted by atomic mass is 10.1. The molecule has 0 bridgehead atoms. The summed E-state index contributed by atoms with van der Waals surface area (Å²) in [6, 6.07) is 13.3. The highest BCUT2D eigenvalue weighted by Crippen LogP contribution is 2.30. The van der Waals surface area contributed by atoms with Crippen molar-refractivity contribution in [2.45, 2.75) is 6.54 Å². The number of hydrogen-bond acceptors (Lipinski definition) is 3. The van der Waals surface area contributed by atoms with E-state index in [1.54, 1.807) is 12.3 Å². The Morgan fingerprint density at radius 1 is 1.05 bits per heavy atom. The van der Waals surface area contributed by atoms with E-state index in [9.17, 15) is 5.11 Å². The third kappa shape index (κ3) is 3.04. The quantitative estimate of drug-likeness (QED) is 0.636. The molecule has 0 amide bonds. The van der Waals surface area contributed by atoms with Crippen LogP contribution in [-0.4, -0.2) is 10.1 Å². The summed E-state index contributed by atoms with van der Waals surface area (Å²) in [4.78, 5) is 4.38. The molecule has 0 aliphatic heterocycles. The van der Waals surface area contributed by atoms with Crippen molar-refractivity contribution in [2.24, 2.45) is 0 Å². The van der Waals surface area contributed by atoms with Crippen LogP contribution in [0.2, 0.25) is 0 Å². The molecule has 0 spiro atoms. The van der Waals surface area contributed by atoms with Crippen LogP contribution in [0, 0.1) is 0 Å². The molecule has 0 radical (unpaired) electrons. The fraction of sp³-hybridized carbons (Fsp3) is 0.0625. The Kier molecular flexibility index (Phi) is 4.12. The van der Waals surface area contributed by atoms with Crippen molar-refractivity contribution in [2.75, 3.05) is 5.32 Å². The number of pyridine rings is 1. The van der Waals surface area contributed by atoms with Gasteiger partial charge in [0, 0.05) is 31.6 Å². The van der Waals surface area contributed by atoms with E-state index in [1.807, 2.05) is 36.4 Å². The summed E-state index contributed by atoms with van der Waals surface area (Å²) in [6.07, 6.45) is 1.77. The molecule has 0 aliphatic rings. The lowest BCUT2D eigenvalue weighted by Gasteiger charge is -2.11. The minimum absolute atomic E-state index is 0.291. The number of halogens is 2. The molecule has 0 atom stereocenters. The van der Waals surface area contributed by atoms with Crippen molar-refractivity contribution in [3.05, 3.63) is 63.3 Å². The van der Waals surface area contributed by atoms with E-state index in [0.717, 1.165) is 31.1 Å². The van der Waals surface area contributed by atoms with Gasteiger partial charge in [0.1, 0.15) is 5.75 Å². The maximum Gasteiger partial charge on any atom is 0.123 e. The molecule has 0 unspecified atom stereocenters. The Balaban J connectivity index is 1.90. The van der Waals surface area contributed by atoms with Gasteiger partial charge in [-0.3, -0.25) is 4.98 Å². The first-order chi connectivity index (χ1) is 10.1. The van der Waals surface area contributed by atoms with Gasteiger partial charge in [-0.15, -0.1) is 0 Å². The second kappa shape index (κ2) is 6.03. The molecule has 1 aromatic heterocycles. The molecule has 106 valence electrons. The van der Waals surface area contributed by atoms with Crippen LogP contribution in [0.3, 0.4) is 0 Å². The normalized spacial score (nSPS) is 10.8. The van der Waals surface area contributed by atoms with Crippen molar-refractivity contribution in [3.63, 3.8) is 0 Å². The van der Waals surface area contributed by atoms with Gasteiger partial charge in [-0.25, -0.2) is 0 Å². The highest BCUT2D eigenvalue weighted by Gasteiger charge is 2.06. The van der Waals surface area contributed by atoms with Crippen molar-refractivity contribution < 1.29 is 5.11 Å². The number of rotatable bonds is 3. The number of benzene rings is 2. The molecule has 1 heterocycles. The largest absolute Gasteiger partial charge is 0.507 e. The van der Waals surface area contributed by atoms with Crippen LogP contribution >= 0.6 is 31.9 Å². The standard InChI is InChI=1S/C16H12Br2N2O/c17-10-7-13(18)15(19-8-10)9-20-14-5-1-4-12-11(14)3-2-6-16(12)21/h1-8,20-21H,9H2. The van der Waals surface area contributed by atoms with Gasteiger partial charge in [-0.05, 0) is 50.1 Å². The lowest BCUT2D eigenvalue weighted by Crippen LogP contribution is -2.03. The Hall–Kier alpha value is -1.59. The minimum Gasteiger partial charge on any atom is -0.507 e. The van der Waals surface area contributed by atoms with Crippen molar-refractivity contribution in [1.82, 2.24) is 4.98 Å². The predicted octanol–water partition coefficient (Wildman–Crippen LogP) is 5.08. The van der Waals surface area contributed by atoms with Gasteiger partial charge >= 0.3 is 0 Å². The zero-order chi connectivity index (χ0) is 14.8. The maximum atomic E-state index is 9.90. The Labute approximate surface area is 139 Å². The molecule has 21 heavy (non-hydrogen) atoms. The number of fused-ring (bicyclic) bond motifs is 1. The van der Waals surface area contributed by atoms with E-state index in [2.05, 4.69) is 42.2 Å². The van der Waals surface area contributed by atoms with Crippen LogP contribution < -0.4 is 5.32 Å². The van der Waals surface area contributed by atoms with Gasteiger partial charge in [0.15, 0.2) is 0 Å². The van der Waals surface area contributed by atoms with Crippen LogP contribution in [0.25, 0.3) is 10.8 Å². The second-order valence-electron chi connectivity index (χ2n) is 4.61. The van der Waals surface area contributed by atoms with Crippen molar-refractivity contribution in [1.29, 1.82) is 0 Å². The fourth-order valence-electron chi connectivity index (χ4n) is 2.20. The first-order valence-corrected chi connectivity index (χ1v) is 7.98. The minimum atomic E-state index is 0.291. The topological polar surface area (TPSA) is 45.1 Å². The Morgan fingerprint density at radius 3 is 2.62 bits per heavy atom. The van der Waals surface area contributed by atoms with Gasteiger partial charge in [0.25, 0.3) is 0 Å². The zero-order valence-electron chi connectivity index (χ0n) is 11.0. The lowest BCUT2D eigenvalue weighted by molar-refractivity contribution is 0.481. The number of phenols is 1. The van der Waals surface area contributed by atoms with E-state index >= 15 is 0 Å². The first-order valence-electron chi connectivity index (χ1n) is 6.39. The number of aromatic nitrogens is 1. The van der Waals surface area contributed by atoms with E-state index < -0.39 is 0 Å². The maximum absolute atomic E-state index is 9.90. The molecule has 2 aromatic carbocycles. The first kappa shape index (κ1) is 14.4. The number of anilines is 1. The molecule has 0 fully saturated rings. The SMILES string of the molecule is Oc1cccc2c(NCc3ncc(Br)cc3Br)cccc12. The molecule has 3 aromatic rings. The molecule has 5 heteroatoms. The van der Waals surface area contributed by atoms with E-state index in [-0.39, 0.29) is 0 Å². The predicted molar refractivity (Wildman–Crippen MR) is 92.6 cm³/mol. The van der Waals surface area contributed by atoms with Crippen LogP contribution in [0.4, 0.5) is 5.69 Å². The second-order valence-corrected chi connectivity index (χ2v) is 6.38. The van der Waals surface area contributed by atoms with Gasteiger partial charge in [-0.1, -0.05) is 24.3 Å². The monoisotopic (exact) mass is 406 g/mol. The third-order valence-corrected chi connectivity index (χ3v) is 4.35. The summed E-state index contributed by atoms with van der Waals surface area (Å²) in [5, 5.41) is 15.1. The summed E-state index contributed by atoms with van der Waals surface area (Å²) in [7, 11) is 0. The number of aromatic hydroxyl groups is 1. The van der Waals surface area contributed by atoms with Crippen LogP contribution in [0.5, 0.6) is 5.75 Å². The molecule has 3 nitrogen and oxygen atoms in total. The summed E-state index contributed by atoms with van der Waals surface area (Å²) >= 11 is 6.90. The molecular weight excluding hydrogens is 396 g/mol. The number of nitrogens with zero attached hydrogens (tertiary/aromatic N) is 1. The molecule has 2 N–H and O–H groups in total. The number of phenolic OH excluding ortho intramolecular Hbond substituents is 1. The van der Waals surface area contributed by atoms with Gasteiger partial charge in [0.05, 0.1) is 12.2 Å². The van der Waals surface area contributed by atoms with Gasteiger partial charge < -0.3 is 10.4 Å². The van der Waals surface area contributed by atoms with Crippen molar-refractivity contribution >= 4 is 48.3 Å². The number of hydrogen-bond donors (Lipinski definition) is 2. The summed E-state index contributed by atoms with van der Waals surface area (Å²) in [6.45, 7) is 0.600. The van der Waals surface area contributed by atoms with Gasteiger partial charge in [-0.2, -0.15) is 0 Å². The summed E-state index contributed by atoms with van der Waals surface area (Å²) in [5.74, 6) is 0.291. The average molecular weight is 408 g/mol. The Morgan fingerprint density at radius 2 is 1.81 bits per heavy atom. The zero-order valence-corrected chi connectivity index (χ0v) is 14.1. The van der Waals surface area contributed by atoms with Crippen molar-refractivity contribution in [3.8, 4) is 5.75 Å². The van der Waals surface area contributed by atoms with Crippen LogP contribution in [0.1, 0.15) is 5.69 Å². The highest BCUT2D eigenvalue weighted by atomic mass is 79.9. The molecule has 0 saturated carbocycles. The molecule has 0 saturated heterocycles. The Bertz CT molecular complexity index is 805. The van der Waals surface area contributed by atoms with E-state index in [1.165, 1.54) is 0 Å². The van der Waals surface area contributed by atoms with Crippen LogP contribution in [-0.2, 0) is 6.54 Å².